The van der Waals surface area contributed by atoms with Crippen LogP contribution in [0, 0.1) is 5.92 Å². The van der Waals surface area contributed by atoms with Crippen LogP contribution in [0.25, 0.3) is 0 Å². The van der Waals surface area contributed by atoms with Gasteiger partial charge in [0.1, 0.15) is 11.5 Å². The van der Waals surface area contributed by atoms with E-state index in [9.17, 15) is 4.79 Å². The van der Waals surface area contributed by atoms with E-state index in [2.05, 4.69) is 19.2 Å². The number of benzene rings is 1. The number of carbonyl (C=O) groups excluding carboxylic acids is 1. The van der Waals surface area contributed by atoms with Crippen LogP contribution in [0.3, 0.4) is 0 Å². The van der Waals surface area contributed by atoms with Crippen molar-refractivity contribution in [1.29, 1.82) is 0 Å². The van der Waals surface area contributed by atoms with E-state index < -0.39 is 6.10 Å². The summed E-state index contributed by atoms with van der Waals surface area (Å²) in [6.45, 7) is 8.09. The molecule has 0 unspecified atom stereocenters. The number of hydrogen-bond donors (Lipinski definition) is 1. The molecule has 0 bridgehead atoms. The smallest absolute Gasteiger partial charge is 0.261 e. The Bertz CT molecular complexity index is 431. The van der Waals surface area contributed by atoms with Gasteiger partial charge in [0.05, 0.1) is 7.11 Å². The molecule has 1 N–H and O–H groups in total. The molecule has 4 heteroatoms. The second-order valence-corrected chi connectivity index (χ2v) is 5.24. The predicted octanol–water partition coefficient (Wildman–Crippen LogP) is 3.01. The van der Waals surface area contributed by atoms with Gasteiger partial charge in [0, 0.05) is 12.1 Å². The maximum absolute atomic E-state index is 12.2. The summed E-state index contributed by atoms with van der Waals surface area (Å²) in [4.78, 5) is 12.2. The van der Waals surface area contributed by atoms with Crippen molar-refractivity contribution in [3.8, 4) is 11.5 Å². The first kappa shape index (κ1) is 16.3. The van der Waals surface area contributed by atoms with Gasteiger partial charge in [-0.1, -0.05) is 26.8 Å². The Morgan fingerprint density at radius 3 is 2.45 bits per heavy atom. The summed E-state index contributed by atoms with van der Waals surface area (Å²) in [5.74, 6) is 1.68. The molecule has 1 aromatic carbocycles. The molecule has 20 heavy (non-hydrogen) atoms. The summed E-state index contributed by atoms with van der Waals surface area (Å²) in [7, 11) is 1.60. The third-order valence-electron chi connectivity index (χ3n) is 3.35. The molecule has 0 heterocycles. The molecule has 0 aliphatic carbocycles. The summed E-state index contributed by atoms with van der Waals surface area (Å²) in [5.41, 5.74) is 0. The fourth-order valence-electron chi connectivity index (χ4n) is 1.65. The number of amides is 1. The molecule has 2 atom stereocenters. The Morgan fingerprint density at radius 1 is 1.25 bits per heavy atom. The highest BCUT2D eigenvalue weighted by molar-refractivity contribution is 5.81. The lowest BCUT2D eigenvalue weighted by molar-refractivity contribution is -0.129. The van der Waals surface area contributed by atoms with E-state index in [4.69, 9.17) is 9.47 Å². The van der Waals surface area contributed by atoms with E-state index in [-0.39, 0.29) is 11.9 Å². The molecule has 0 radical (unpaired) electrons. The fraction of sp³-hybridized carbons (Fsp3) is 0.562. The number of ether oxygens (including phenoxy) is 2. The van der Waals surface area contributed by atoms with Crippen LogP contribution in [0.2, 0.25) is 0 Å². The largest absolute Gasteiger partial charge is 0.497 e. The third kappa shape index (κ3) is 4.76. The number of carbonyl (C=O) groups is 1. The summed E-state index contributed by atoms with van der Waals surface area (Å²) in [6, 6.07) is 7.42. The maximum Gasteiger partial charge on any atom is 0.261 e. The van der Waals surface area contributed by atoms with E-state index in [0.29, 0.717) is 23.8 Å². The lowest BCUT2D eigenvalue weighted by Crippen LogP contribution is -2.44. The standard InChI is InChI=1S/C16H25NO3/c1-6-15(16(18)17-12(4)11(2)3)20-14-9-7-8-13(10-14)19-5/h7-12,15H,6H2,1-5H3,(H,17,18)/t12-,15+/m1/s1. The molecule has 0 aliphatic rings. The average Bonchev–Trinajstić information content (AvgIpc) is 2.44. The second-order valence-electron chi connectivity index (χ2n) is 5.24. The SMILES string of the molecule is CC[C@H](Oc1cccc(OC)c1)C(=O)N[C@H](C)C(C)C. The van der Waals surface area contributed by atoms with Crippen LogP contribution in [0.4, 0.5) is 0 Å². The summed E-state index contributed by atoms with van der Waals surface area (Å²) >= 11 is 0. The van der Waals surface area contributed by atoms with Crippen LogP contribution < -0.4 is 14.8 Å². The highest BCUT2D eigenvalue weighted by Crippen LogP contribution is 2.20. The Kier molecular flexibility index (Phi) is 6.36. The fourth-order valence-corrected chi connectivity index (χ4v) is 1.65. The summed E-state index contributed by atoms with van der Waals surface area (Å²) < 4.78 is 10.9. The van der Waals surface area contributed by atoms with Crippen molar-refractivity contribution >= 4 is 5.91 Å². The molecule has 0 aromatic heterocycles. The third-order valence-corrected chi connectivity index (χ3v) is 3.35. The van der Waals surface area contributed by atoms with Gasteiger partial charge < -0.3 is 14.8 Å². The van der Waals surface area contributed by atoms with E-state index in [0.717, 1.165) is 0 Å². The minimum atomic E-state index is -0.483. The van der Waals surface area contributed by atoms with E-state index in [1.54, 1.807) is 13.2 Å². The quantitative estimate of drug-likeness (QED) is 0.834. The second kappa shape index (κ2) is 7.78. The monoisotopic (exact) mass is 279 g/mol. The number of rotatable bonds is 7. The van der Waals surface area contributed by atoms with Gasteiger partial charge in [-0.25, -0.2) is 0 Å². The van der Waals surface area contributed by atoms with Crippen LogP contribution in [0.1, 0.15) is 34.1 Å². The van der Waals surface area contributed by atoms with Gasteiger partial charge in [0.2, 0.25) is 0 Å². The molecule has 1 rings (SSSR count). The molecule has 1 aromatic rings. The van der Waals surface area contributed by atoms with Crippen LogP contribution in [0.15, 0.2) is 24.3 Å². The van der Waals surface area contributed by atoms with Gasteiger partial charge in [-0.05, 0) is 31.4 Å². The van der Waals surface area contributed by atoms with Crippen molar-refractivity contribution in [2.24, 2.45) is 5.92 Å². The summed E-state index contributed by atoms with van der Waals surface area (Å²) in [6.07, 6.45) is 0.136. The maximum atomic E-state index is 12.2. The van der Waals surface area contributed by atoms with Crippen molar-refractivity contribution in [2.45, 2.75) is 46.3 Å². The molecule has 1 amide bonds. The normalized spacial score (nSPS) is 13.7. The minimum absolute atomic E-state index is 0.0727. The minimum Gasteiger partial charge on any atom is -0.497 e. The van der Waals surface area contributed by atoms with Crippen molar-refractivity contribution in [1.82, 2.24) is 5.32 Å². The van der Waals surface area contributed by atoms with Gasteiger partial charge in [0.25, 0.3) is 5.91 Å². The Labute approximate surface area is 121 Å². The molecule has 0 saturated heterocycles. The lowest BCUT2D eigenvalue weighted by atomic mass is 10.1. The predicted molar refractivity (Wildman–Crippen MR) is 80.1 cm³/mol. The number of methoxy groups -OCH3 is 1. The Hall–Kier alpha value is -1.71. The molecule has 0 aliphatic heterocycles. The average molecular weight is 279 g/mol. The molecule has 112 valence electrons. The van der Waals surface area contributed by atoms with Crippen LogP contribution in [-0.2, 0) is 4.79 Å². The zero-order chi connectivity index (χ0) is 15.1. The first-order chi connectivity index (χ1) is 9.47. The Balaban J connectivity index is 2.68. The summed E-state index contributed by atoms with van der Waals surface area (Å²) in [5, 5.41) is 2.98. The lowest BCUT2D eigenvalue weighted by Gasteiger charge is -2.22. The number of hydrogen-bond acceptors (Lipinski definition) is 3. The highest BCUT2D eigenvalue weighted by atomic mass is 16.5. The van der Waals surface area contributed by atoms with Gasteiger partial charge in [-0.3, -0.25) is 4.79 Å². The molecular weight excluding hydrogens is 254 g/mol. The van der Waals surface area contributed by atoms with Crippen molar-refractivity contribution in [3.05, 3.63) is 24.3 Å². The molecule has 0 saturated carbocycles. The zero-order valence-electron chi connectivity index (χ0n) is 13.0. The van der Waals surface area contributed by atoms with Crippen LogP contribution in [-0.4, -0.2) is 25.2 Å². The zero-order valence-corrected chi connectivity index (χ0v) is 13.0. The van der Waals surface area contributed by atoms with Gasteiger partial charge in [-0.2, -0.15) is 0 Å². The van der Waals surface area contributed by atoms with E-state index in [1.807, 2.05) is 32.0 Å². The molecule has 4 nitrogen and oxygen atoms in total. The van der Waals surface area contributed by atoms with Crippen LogP contribution >= 0.6 is 0 Å². The van der Waals surface area contributed by atoms with Crippen molar-refractivity contribution in [3.63, 3.8) is 0 Å². The topological polar surface area (TPSA) is 47.6 Å². The number of nitrogens with one attached hydrogen (secondary N) is 1. The van der Waals surface area contributed by atoms with Gasteiger partial charge in [0.15, 0.2) is 6.10 Å². The molecule has 0 spiro atoms. The van der Waals surface area contributed by atoms with E-state index in [1.165, 1.54) is 0 Å². The highest BCUT2D eigenvalue weighted by Gasteiger charge is 2.21. The first-order valence-electron chi connectivity index (χ1n) is 7.09. The first-order valence-corrected chi connectivity index (χ1v) is 7.09. The van der Waals surface area contributed by atoms with Crippen molar-refractivity contribution < 1.29 is 14.3 Å². The Morgan fingerprint density at radius 2 is 1.90 bits per heavy atom. The molecule has 0 fully saturated rings. The van der Waals surface area contributed by atoms with Crippen molar-refractivity contribution in [2.75, 3.05) is 7.11 Å². The van der Waals surface area contributed by atoms with Crippen LogP contribution in [0.5, 0.6) is 11.5 Å². The molecular formula is C16H25NO3. The van der Waals surface area contributed by atoms with Gasteiger partial charge in [-0.15, -0.1) is 0 Å². The van der Waals surface area contributed by atoms with E-state index >= 15 is 0 Å². The van der Waals surface area contributed by atoms with Gasteiger partial charge >= 0.3 is 0 Å².